The lowest BCUT2D eigenvalue weighted by Gasteiger charge is -2.38. The molecular weight excluding hydrogens is 314 g/mol. The molecule has 25 heavy (non-hydrogen) atoms. The standard InChI is InChI=1S/C20H17N3O2/c1-25-18-12-5-4-11-17(18)23-19(16-10-6-7-13-21-16)22-15-9-3-2-8-14(15)20(23)24/h2-13,19,22H,1H3/t19-/m1/s1. The molecule has 0 radical (unpaired) electrons. The molecule has 0 unspecified atom stereocenters. The van der Waals surface area contributed by atoms with Gasteiger partial charge in [0.15, 0.2) is 6.17 Å². The van der Waals surface area contributed by atoms with Gasteiger partial charge in [0.05, 0.1) is 24.1 Å². The third-order valence-corrected chi connectivity index (χ3v) is 4.24. The van der Waals surface area contributed by atoms with E-state index in [1.807, 2.05) is 66.7 Å². The van der Waals surface area contributed by atoms with Gasteiger partial charge in [-0.3, -0.25) is 14.7 Å². The first-order valence-corrected chi connectivity index (χ1v) is 8.02. The Morgan fingerprint density at radius 1 is 1.00 bits per heavy atom. The summed E-state index contributed by atoms with van der Waals surface area (Å²) in [6.07, 6.45) is 1.31. The Kier molecular flexibility index (Phi) is 3.82. The molecule has 1 aliphatic rings. The Bertz CT molecular complexity index is 912. The Balaban J connectivity index is 1.90. The van der Waals surface area contributed by atoms with Crippen LogP contribution in [0.15, 0.2) is 72.9 Å². The number of para-hydroxylation sites is 3. The summed E-state index contributed by atoms with van der Waals surface area (Å²) in [5.41, 5.74) is 2.89. The zero-order valence-electron chi connectivity index (χ0n) is 13.7. The van der Waals surface area contributed by atoms with Crippen LogP contribution < -0.4 is 15.0 Å². The number of benzene rings is 2. The fourth-order valence-electron chi connectivity index (χ4n) is 3.08. The van der Waals surface area contributed by atoms with Crippen molar-refractivity contribution >= 4 is 17.3 Å². The first kappa shape index (κ1) is 15.2. The molecule has 5 nitrogen and oxygen atoms in total. The maximum absolute atomic E-state index is 13.3. The van der Waals surface area contributed by atoms with Crippen LogP contribution in [-0.4, -0.2) is 18.0 Å². The zero-order valence-corrected chi connectivity index (χ0v) is 13.7. The van der Waals surface area contributed by atoms with Gasteiger partial charge < -0.3 is 10.1 Å². The summed E-state index contributed by atoms with van der Waals surface area (Å²) in [5.74, 6) is 0.549. The number of aromatic nitrogens is 1. The number of hydrogen-bond acceptors (Lipinski definition) is 4. The molecule has 1 amide bonds. The molecule has 4 rings (SSSR count). The fourth-order valence-corrected chi connectivity index (χ4v) is 3.08. The molecule has 2 heterocycles. The van der Waals surface area contributed by atoms with Crippen LogP contribution in [0.4, 0.5) is 11.4 Å². The maximum Gasteiger partial charge on any atom is 0.262 e. The van der Waals surface area contributed by atoms with Crippen LogP contribution in [0, 0.1) is 0 Å². The number of nitrogens with one attached hydrogen (secondary N) is 1. The van der Waals surface area contributed by atoms with Crippen molar-refractivity contribution in [2.75, 3.05) is 17.3 Å². The van der Waals surface area contributed by atoms with Gasteiger partial charge in [-0.05, 0) is 36.4 Å². The molecule has 1 aromatic heterocycles. The molecule has 2 aromatic carbocycles. The van der Waals surface area contributed by atoms with Crippen LogP contribution >= 0.6 is 0 Å². The van der Waals surface area contributed by atoms with Crippen molar-refractivity contribution in [2.45, 2.75) is 6.17 Å². The lowest BCUT2D eigenvalue weighted by molar-refractivity contribution is 0.0973. The van der Waals surface area contributed by atoms with Gasteiger partial charge >= 0.3 is 0 Å². The Labute approximate surface area is 145 Å². The molecule has 124 valence electrons. The van der Waals surface area contributed by atoms with E-state index in [2.05, 4.69) is 10.3 Å². The van der Waals surface area contributed by atoms with Crippen molar-refractivity contribution in [3.8, 4) is 5.75 Å². The molecule has 0 bridgehead atoms. The van der Waals surface area contributed by atoms with E-state index in [1.165, 1.54) is 0 Å². The number of methoxy groups -OCH3 is 1. The number of carbonyl (C=O) groups excluding carboxylic acids is 1. The average Bonchev–Trinajstić information content (AvgIpc) is 2.68. The summed E-state index contributed by atoms with van der Waals surface area (Å²) < 4.78 is 5.48. The first-order valence-electron chi connectivity index (χ1n) is 8.02. The van der Waals surface area contributed by atoms with Gasteiger partial charge in [-0.2, -0.15) is 0 Å². The van der Waals surface area contributed by atoms with Crippen LogP contribution in [0.5, 0.6) is 5.75 Å². The molecule has 3 aromatic rings. The fraction of sp³-hybridized carbons (Fsp3) is 0.100. The number of pyridine rings is 1. The summed E-state index contributed by atoms with van der Waals surface area (Å²) in [7, 11) is 1.60. The lowest BCUT2D eigenvalue weighted by Crippen LogP contribution is -2.43. The first-order chi connectivity index (χ1) is 12.3. The van der Waals surface area contributed by atoms with Crippen molar-refractivity contribution in [3.05, 3.63) is 84.2 Å². The monoisotopic (exact) mass is 331 g/mol. The van der Waals surface area contributed by atoms with E-state index in [4.69, 9.17) is 4.74 Å². The average molecular weight is 331 g/mol. The third kappa shape index (κ3) is 2.59. The van der Waals surface area contributed by atoms with E-state index < -0.39 is 6.17 Å². The number of amides is 1. The van der Waals surface area contributed by atoms with Gasteiger partial charge in [0.25, 0.3) is 5.91 Å². The normalized spacial score (nSPS) is 16.1. The van der Waals surface area contributed by atoms with Crippen LogP contribution in [0.1, 0.15) is 22.2 Å². The highest BCUT2D eigenvalue weighted by molar-refractivity contribution is 6.12. The van der Waals surface area contributed by atoms with Crippen LogP contribution in [0.2, 0.25) is 0 Å². The summed E-state index contributed by atoms with van der Waals surface area (Å²) in [6, 6.07) is 20.7. The number of anilines is 2. The number of nitrogens with zero attached hydrogens (tertiary/aromatic N) is 2. The highest BCUT2D eigenvalue weighted by Gasteiger charge is 2.35. The van der Waals surface area contributed by atoms with E-state index >= 15 is 0 Å². The van der Waals surface area contributed by atoms with Gasteiger partial charge in [-0.15, -0.1) is 0 Å². The molecule has 1 N–H and O–H groups in total. The molecule has 1 aliphatic heterocycles. The minimum absolute atomic E-state index is 0.0884. The smallest absolute Gasteiger partial charge is 0.262 e. The molecule has 0 fully saturated rings. The summed E-state index contributed by atoms with van der Waals surface area (Å²) >= 11 is 0. The Hall–Kier alpha value is -3.34. The third-order valence-electron chi connectivity index (χ3n) is 4.24. The van der Waals surface area contributed by atoms with Gasteiger partial charge in [-0.1, -0.05) is 30.3 Å². The quantitative estimate of drug-likeness (QED) is 0.792. The van der Waals surface area contributed by atoms with Crippen LogP contribution in [0.25, 0.3) is 0 Å². The predicted molar refractivity (Wildman–Crippen MR) is 96.8 cm³/mol. The highest BCUT2D eigenvalue weighted by atomic mass is 16.5. The molecule has 0 saturated heterocycles. The van der Waals surface area contributed by atoms with Gasteiger partial charge in [0, 0.05) is 11.9 Å². The molecule has 0 saturated carbocycles. The van der Waals surface area contributed by atoms with Crippen molar-refractivity contribution in [3.63, 3.8) is 0 Å². The topological polar surface area (TPSA) is 54.5 Å². The van der Waals surface area contributed by atoms with E-state index in [9.17, 15) is 4.79 Å². The van der Waals surface area contributed by atoms with Gasteiger partial charge in [0.2, 0.25) is 0 Å². The minimum atomic E-state index is -0.417. The number of rotatable bonds is 3. The second-order valence-corrected chi connectivity index (χ2v) is 5.69. The molecule has 0 aliphatic carbocycles. The van der Waals surface area contributed by atoms with Crippen molar-refractivity contribution in [1.82, 2.24) is 4.98 Å². The van der Waals surface area contributed by atoms with E-state index in [0.29, 0.717) is 17.0 Å². The minimum Gasteiger partial charge on any atom is -0.495 e. The van der Waals surface area contributed by atoms with Crippen molar-refractivity contribution in [1.29, 1.82) is 0 Å². The molecule has 1 atom stereocenters. The van der Waals surface area contributed by atoms with Gasteiger partial charge in [-0.25, -0.2) is 0 Å². The second-order valence-electron chi connectivity index (χ2n) is 5.69. The highest BCUT2D eigenvalue weighted by Crippen LogP contribution is 2.39. The summed E-state index contributed by atoms with van der Waals surface area (Å²) in [4.78, 5) is 19.4. The van der Waals surface area contributed by atoms with E-state index in [0.717, 1.165) is 11.4 Å². The van der Waals surface area contributed by atoms with Gasteiger partial charge in [0.1, 0.15) is 5.75 Å². The molecule has 5 heteroatoms. The van der Waals surface area contributed by atoms with Crippen molar-refractivity contribution in [2.24, 2.45) is 0 Å². The predicted octanol–water partition coefficient (Wildman–Crippen LogP) is 3.86. The Morgan fingerprint density at radius 3 is 2.56 bits per heavy atom. The lowest BCUT2D eigenvalue weighted by atomic mass is 10.0. The number of carbonyl (C=O) groups is 1. The van der Waals surface area contributed by atoms with Crippen LogP contribution in [-0.2, 0) is 0 Å². The summed E-state index contributed by atoms with van der Waals surface area (Å²) in [6.45, 7) is 0. The summed E-state index contributed by atoms with van der Waals surface area (Å²) in [5, 5.41) is 3.43. The SMILES string of the molecule is COc1ccccc1N1C(=O)c2ccccc2N[C@H]1c1ccccn1. The maximum atomic E-state index is 13.3. The zero-order chi connectivity index (χ0) is 17.2. The molecular formula is C20H17N3O2. The number of fused-ring (bicyclic) bond motifs is 1. The Morgan fingerprint density at radius 2 is 1.76 bits per heavy atom. The largest absolute Gasteiger partial charge is 0.495 e. The second kappa shape index (κ2) is 6.28. The van der Waals surface area contributed by atoms with E-state index in [-0.39, 0.29) is 5.91 Å². The van der Waals surface area contributed by atoms with E-state index in [1.54, 1.807) is 18.2 Å². The van der Waals surface area contributed by atoms with Crippen LogP contribution in [0.3, 0.4) is 0 Å². The number of ether oxygens (including phenoxy) is 1. The van der Waals surface area contributed by atoms with Crippen molar-refractivity contribution < 1.29 is 9.53 Å². The number of hydrogen-bond donors (Lipinski definition) is 1. The molecule has 0 spiro atoms.